The van der Waals surface area contributed by atoms with E-state index in [9.17, 15) is 4.79 Å². The molecule has 0 saturated heterocycles. The molecule has 0 aliphatic heterocycles. The summed E-state index contributed by atoms with van der Waals surface area (Å²) < 4.78 is 4.38. The van der Waals surface area contributed by atoms with Crippen LogP contribution in [-0.2, 0) is 4.74 Å². The third-order valence-corrected chi connectivity index (χ3v) is 2.01. The first-order valence-corrected chi connectivity index (χ1v) is 4.65. The second-order valence-corrected chi connectivity index (χ2v) is 3.24. The minimum absolute atomic E-state index is 0.594. The van der Waals surface area contributed by atoms with Crippen LogP contribution in [0.4, 0.5) is 4.79 Å². The van der Waals surface area contributed by atoms with Crippen molar-refractivity contribution in [3.05, 3.63) is 34.9 Å². The van der Waals surface area contributed by atoms with Gasteiger partial charge in [-0.05, 0) is 24.6 Å². The topological polar surface area (TPSA) is 50.7 Å². The molecule has 1 aromatic rings. The van der Waals surface area contributed by atoms with E-state index in [4.69, 9.17) is 11.6 Å². The molecule has 0 heterocycles. The van der Waals surface area contributed by atoms with Gasteiger partial charge in [-0.15, -0.1) is 0 Å². The number of hydrazone groups is 1. The number of nitrogens with zero attached hydrogens (tertiary/aromatic N) is 1. The molecule has 0 unspecified atom stereocenters. The van der Waals surface area contributed by atoms with Crippen LogP contribution in [-0.4, -0.2) is 18.9 Å². The van der Waals surface area contributed by atoms with Crippen LogP contribution < -0.4 is 5.43 Å². The van der Waals surface area contributed by atoms with E-state index in [1.807, 2.05) is 12.1 Å². The van der Waals surface area contributed by atoms with Crippen molar-refractivity contribution < 1.29 is 9.53 Å². The normalized spacial score (nSPS) is 11.0. The first-order chi connectivity index (χ1) is 7.13. The molecule has 0 saturated carbocycles. The monoisotopic (exact) mass is 226 g/mol. The van der Waals surface area contributed by atoms with Crippen LogP contribution in [0, 0.1) is 0 Å². The van der Waals surface area contributed by atoms with Crippen LogP contribution in [0.3, 0.4) is 0 Å². The Morgan fingerprint density at radius 3 is 2.53 bits per heavy atom. The maximum absolute atomic E-state index is 10.7. The summed E-state index contributed by atoms with van der Waals surface area (Å²) in [5, 5.41) is 4.50. The molecule has 0 radical (unpaired) electrons. The van der Waals surface area contributed by atoms with Crippen molar-refractivity contribution in [3.8, 4) is 0 Å². The molecule has 5 heteroatoms. The highest BCUT2D eigenvalue weighted by atomic mass is 35.5. The van der Waals surface area contributed by atoms with E-state index < -0.39 is 6.09 Å². The molecule has 1 N–H and O–H groups in total. The Morgan fingerprint density at radius 1 is 1.40 bits per heavy atom. The molecule has 1 rings (SSSR count). The molecule has 4 nitrogen and oxygen atoms in total. The molecular formula is C10H11ClN2O2. The molecular weight excluding hydrogens is 216 g/mol. The molecule has 0 aliphatic carbocycles. The maximum Gasteiger partial charge on any atom is 0.427 e. The summed E-state index contributed by atoms with van der Waals surface area (Å²) in [4.78, 5) is 10.7. The molecule has 0 atom stereocenters. The van der Waals surface area contributed by atoms with E-state index in [2.05, 4.69) is 15.3 Å². The van der Waals surface area contributed by atoms with Gasteiger partial charge in [-0.2, -0.15) is 5.10 Å². The van der Waals surface area contributed by atoms with Gasteiger partial charge in [-0.3, -0.25) is 0 Å². The predicted octanol–water partition coefficient (Wildman–Crippen LogP) is 2.42. The molecule has 15 heavy (non-hydrogen) atoms. The van der Waals surface area contributed by atoms with Gasteiger partial charge in [0.2, 0.25) is 0 Å². The minimum atomic E-state index is -0.594. The molecule has 80 valence electrons. The Morgan fingerprint density at radius 2 is 2.00 bits per heavy atom. The first-order valence-electron chi connectivity index (χ1n) is 4.27. The van der Waals surface area contributed by atoms with Crippen molar-refractivity contribution >= 4 is 23.4 Å². The summed E-state index contributed by atoms with van der Waals surface area (Å²) in [6.07, 6.45) is -0.594. The van der Waals surface area contributed by atoms with E-state index >= 15 is 0 Å². The highest BCUT2D eigenvalue weighted by Crippen LogP contribution is 2.09. The van der Waals surface area contributed by atoms with Crippen molar-refractivity contribution in [1.82, 2.24) is 5.43 Å². The highest BCUT2D eigenvalue weighted by molar-refractivity contribution is 6.30. The summed E-state index contributed by atoms with van der Waals surface area (Å²) in [6, 6.07) is 7.16. The van der Waals surface area contributed by atoms with Crippen LogP contribution in [0.15, 0.2) is 29.4 Å². The van der Waals surface area contributed by atoms with Crippen LogP contribution in [0.5, 0.6) is 0 Å². The number of ether oxygens (including phenoxy) is 1. The average Bonchev–Trinajstić information content (AvgIpc) is 2.26. The fourth-order valence-corrected chi connectivity index (χ4v) is 1.06. The van der Waals surface area contributed by atoms with E-state index in [-0.39, 0.29) is 0 Å². The van der Waals surface area contributed by atoms with Gasteiger partial charge in [0.05, 0.1) is 12.8 Å². The van der Waals surface area contributed by atoms with E-state index in [0.29, 0.717) is 10.7 Å². The van der Waals surface area contributed by atoms with Crippen LogP contribution in [0.1, 0.15) is 12.5 Å². The van der Waals surface area contributed by atoms with Gasteiger partial charge in [-0.25, -0.2) is 10.2 Å². The van der Waals surface area contributed by atoms with Crippen molar-refractivity contribution in [1.29, 1.82) is 0 Å². The van der Waals surface area contributed by atoms with Crippen molar-refractivity contribution in [2.24, 2.45) is 5.10 Å². The van der Waals surface area contributed by atoms with Crippen molar-refractivity contribution in [3.63, 3.8) is 0 Å². The molecule has 0 bridgehead atoms. The molecule has 0 aromatic heterocycles. The second kappa shape index (κ2) is 5.36. The number of amides is 1. The first kappa shape index (κ1) is 11.5. The SMILES string of the molecule is COC(=O)N/N=C(\C)c1ccc(Cl)cc1. The van der Waals surface area contributed by atoms with Gasteiger partial charge in [0.15, 0.2) is 0 Å². The maximum atomic E-state index is 10.7. The van der Waals surface area contributed by atoms with Gasteiger partial charge in [0.25, 0.3) is 0 Å². The summed E-state index contributed by atoms with van der Waals surface area (Å²) in [5.41, 5.74) is 3.80. The van der Waals surface area contributed by atoms with Gasteiger partial charge >= 0.3 is 6.09 Å². The fraction of sp³-hybridized carbons (Fsp3) is 0.200. The number of hydrogen-bond donors (Lipinski definition) is 1. The van der Waals surface area contributed by atoms with E-state index in [1.54, 1.807) is 19.1 Å². The Bertz CT molecular complexity index is 374. The lowest BCUT2D eigenvalue weighted by Crippen LogP contribution is -2.18. The predicted molar refractivity (Wildman–Crippen MR) is 59.2 cm³/mol. The number of rotatable bonds is 2. The zero-order valence-electron chi connectivity index (χ0n) is 8.45. The molecule has 1 amide bonds. The summed E-state index contributed by atoms with van der Waals surface area (Å²) in [5.74, 6) is 0. The lowest BCUT2D eigenvalue weighted by atomic mass is 10.1. The Balaban J connectivity index is 2.71. The number of carbonyl (C=O) groups is 1. The molecule has 1 aromatic carbocycles. The van der Waals surface area contributed by atoms with Crippen molar-refractivity contribution in [2.75, 3.05) is 7.11 Å². The number of benzene rings is 1. The zero-order valence-corrected chi connectivity index (χ0v) is 9.21. The standard InChI is InChI=1S/C10H11ClN2O2/c1-7(12-13-10(14)15-2)8-3-5-9(11)6-4-8/h3-6H,1-2H3,(H,13,14)/b12-7+. The summed E-state index contributed by atoms with van der Waals surface area (Å²) in [6.45, 7) is 1.78. The third-order valence-electron chi connectivity index (χ3n) is 1.76. The molecule has 0 aliphatic rings. The Kier molecular flexibility index (Phi) is 4.12. The zero-order chi connectivity index (χ0) is 11.3. The number of hydrogen-bond acceptors (Lipinski definition) is 3. The Hall–Kier alpha value is -1.55. The van der Waals surface area contributed by atoms with Crippen LogP contribution in [0.2, 0.25) is 5.02 Å². The number of carbonyl (C=O) groups excluding carboxylic acids is 1. The van der Waals surface area contributed by atoms with Gasteiger partial charge in [0.1, 0.15) is 0 Å². The van der Waals surface area contributed by atoms with Crippen molar-refractivity contribution in [2.45, 2.75) is 6.92 Å². The van der Waals surface area contributed by atoms with Gasteiger partial charge in [-0.1, -0.05) is 23.7 Å². The molecule has 0 spiro atoms. The Labute approximate surface area is 92.9 Å². The summed E-state index contributed by atoms with van der Waals surface area (Å²) in [7, 11) is 1.28. The smallest absolute Gasteiger partial charge is 0.427 e. The number of methoxy groups -OCH3 is 1. The average molecular weight is 227 g/mol. The molecule has 0 fully saturated rings. The number of halogens is 1. The highest BCUT2D eigenvalue weighted by Gasteiger charge is 1.99. The third kappa shape index (κ3) is 3.59. The van der Waals surface area contributed by atoms with E-state index in [0.717, 1.165) is 5.56 Å². The summed E-state index contributed by atoms with van der Waals surface area (Å²) >= 11 is 5.74. The fourth-order valence-electron chi connectivity index (χ4n) is 0.931. The van der Waals surface area contributed by atoms with Gasteiger partial charge < -0.3 is 4.74 Å². The van der Waals surface area contributed by atoms with Crippen LogP contribution in [0.25, 0.3) is 0 Å². The number of nitrogens with one attached hydrogen (secondary N) is 1. The lowest BCUT2D eigenvalue weighted by Gasteiger charge is -2.01. The van der Waals surface area contributed by atoms with E-state index in [1.165, 1.54) is 7.11 Å². The largest absolute Gasteiger partial charge is 0.452 e. The quantitative estimate of drug-likeness (QED) is 0.622. The lowest BCUT2D eigenvalue weighted by molar-refractivity contribution is 0.171. The van der Waals surface area contributed by atoms with Gasteiger partial charge in [0, 0.05) is 5.02 Å². The van der Waals surface area contributed by atoms with Crippen LogP contribution >= 0.6 is 11.6 Å². The second-order valence-electron chi connectivity index (χ2n) is 2.81. The minimum Gasteiger partial charge on any atom is -0.452 e.